The van der Waals surface area contributed by atoms with Crippen molar-refractivity contribution in [1.82, 2.24) is 4.90 Å². The molecule has 3 rings (SSSR count). The standard InChI is InChI=1S/C19H25NS/c1-2-5-17(6-3-1)8-9-18-7-4-12-20(15-18)13-10-19-11-14-21-16-19/h1-3,5-6,11,14,16,18H,4,7-10,12-13,15H2. The van der Waals surface area contributed by atoms with E-state index in [1.54, 1.807) is 0 Å². The normalized spacial score (nSPS) is 19.7. The summed E-state index contributed by atoms with van der Waals surface area (Å²) in [5.41, 5.74) is 3.00. The molecule has 1 saturated heterocycles. The van der Waals surface area contributed by atoms with E-state index in [0.717, 1.165) is 5.92 Å². The summed E-state index contributed by atoms with van der Waals surface area (Å²) in [6.45, 7) is 3.83. The highest BCUT2D eigenvalue weighted by molar-refractivity contribution is 7.07. The third-order valence-corrected chi connectivity index (χ3v) is 5.32. The van der Waals surface area contributed by atoms with Crippen molar-refractivity contribution in [3.8, 4) is 0 Å². The monoisotopic (exact) mass is 299 g/mol. The van der Waals surface area contributed by atoms with E-state index in [2.05, 4.69) is 52.1 Å². The van der Waals surface area contributed by atoms with E-state index in [1.165, 1.54) is 62.9 Å². The van der Waals surface area contributed by atoms with E-state index >= 15 is 0 Å². The van der Waals surface area contributed by atoms with E-state index in [-0.39, 0.29) is 0 Å². The molecular formula is C19H25NS. The van der Waals surface area contributed by atoms with Crippen LogP contribution >= 0.6 is 11.3 Å². The summed E-state index contributed by atoms with van der Waals surface area (Å²) in [6, 6.07) is 13.2. The van der Waals surface area contributed by atoms with Crippen molar-refractivity contribution in [2.45, 2.75) is 32.1 Å². The SMILES string of the molecule is c1ccc(CCC2CCCN(CCc3ccsc3)C2)cc1. The lowest BCUT2D eigenvalue weighted by Gasteiger charge is -2.32. The number of rotatable bonds is 6. The average Bonchev–Trinajstić information content (AvgIpc) is 3.06. The summed E-state index contributed by atoms with van der Waals surface area (Å²) >= 11 is 1.81. The lowest BCUT2D eigenvalue weighted by Crippen LogP contribution is -2.36. The zero-order valence-electron chi connectivity index (χ0n) is 12.7. The first kappa shape index (κ1) is 14.8. The minimum Gasteiger partial charge on any atom is -0.303 e. The molecule has 1 aliphatic rings. The maximum Gasteiger partial charge on any atom is 0.00222 e. The highest BCUT2D eigenvalue weighted by Crippen LogP contribution is 2.22. The van der Waals surface area contributed by atoms with Crippen molar-refractivity contribution in [3.63, 3.8) is 0 Å². The van der Waals surface area contributed by atoms with Crippen LogP contribution in [0.25, 0.3) is 0 Å². The molecule has 1 aliphatic heterocycles. The number of piperidine rings is 1. The van der Waals surface area contributed by atoms with Crippen molar-refractivity contribution >= 4 is 11.3 Å². The van der Waals surface area contributed by atoms with Crippen LogP contribution in [0.4, 0.5) is 0 Å². The van der Waals surface area contributed by atoms with Crippen LogP contribution in [0, 0.1) is 5.92 Å². The minimum absolute atomic E-state index is 0.890. The topological polar surface area (TPSA) is 3.24 Å². The Morgan fingerprint density at radius 1 is 1.05 bits per heavy atom. The molecule has 2 aromatic rings. The first-order valence-electron chi connectivity index (χ1n) is 8.17. The van der Waals surface area contributed by atoms with Crippen LogP contribution in [0.3, 0.4) is 0 Å². The van der Waals surface area contributed by atoms with Gasteiger partial charge in [-0.2, -0.15) is 11.3 Å². The Labute approximate surface area is 132 Å². The molecular weight excluding hydrogens is 274 g/mol. The second-order valence-electron chi connectivity index (χ2n) is 6.21. The number of aryl methyl sites for hydroxylation is 1. The molecule has 2 heteroatoms. The van der Waals surface area contributed by atoms with Gasteiger partial charge in [0.25, 0.3) is 0 Å². The summed E-state index contributed by atoms with van der Waals surface area (Å²) < 4.78 is 0. The third-order valence-electron chi connectivity index (χ3n) is 4.58. The Balaban J connectivity index is 1.42. The van der Waals surface area contributed by atoms with Gasteiger partial charge in [0.15, 0.2) is 0 Å². The second-order valence-corrected chi connectivity index (χ2v) is 6.99. The Bertz CT molecular complexity index is 506. The predicted molar refractivity (Wildman–Crippen MR) is 92.0 cm³/mol. The van der Waals surface area contributed by atoms with E-state index in [0.29, 0.717) is 0 Å². The molecule has 1 atom stereocenters. The fourth-order valence-corrected chi connectivity index (χ4v) is 4.03. The van der Waals surface area contributed by atoms with Crippen molar-refractivity contribution in [3.05, 3.63) is 58.3 Å². The third kappa shape index (κ3) is 4.69. The van der Waals surface area contributed by atoms with Crippen LogP contribution < -0.4 is 0 Å². The molecule has 0 saturated carbocycles. The largest absolute Gasteiger partial charge is 0.303 e. The number of nitrogens with zero attached hydrogens (tertiary/aromatic N) is 1. The molecule has 1 aromatic heterocycles. The summed E-state index contributed by atoms with van der Waals surface area (Å²) in [7, 11) is 0. The minimum atomic E-state index is 0.890. The van der Waals surface area contributed by atoms with Gasteiger partial charge in [-0.05, 0) is 72.5 Å². The van der Waals surface area contributed by atoms with Crippen LogP contribution in [0.1, 0.15) is 30.4 Å². The van der Waals surface area contributed by atoms with Crippen molar-refractivity contribution in [2.24, 2.45) is 5.92 Å². The number of hydrogen-bond acceptors (Lipinski definition) is 2. The molecule has 0 bridgehead atoms. The molecule has 21 heavy (non-hydrogen) atoms. The molecule has 1 nitrogen and oxygen atoms in total. The number of benzene rings is 1. The molecule has 112 valence electrons. The Kier molecular flexibility index (Phi) is 5.47. The lowest BCUT2D eigenvalue weighted by atomic mass is 9.91. The van der Waals surface area contributed by atoms with Crippen molar-refractivity contribution < 1.29 is 0 Å². The fourth-order valence-electron chi connectivity index (χ4n) is 3.33. The van der Waals surface area contributed by atoms with Crippen LogP contribution in [0.2, 0.25) is 0 Å². The lowest BCUT2D eigenvalue weighted by molar-refractivity contribution is 0.170. The van der Waals surface area contributed by atoms with Crippen LogP contribution in [0.5, 0.6) is 0 Å². The van der Waals surface area contributed by atoms with Crippen molar-refractivity contribution in [2.75, 3.05) is 19.6 Å². The molecule has 1 fully saturated rings. The van der Waals surface area contributed by atoms with Gasteiger partial charge >= 0.3 is 0 Å². The fraction of sp³-hybridized carbons (Fsp3) is 0.474. The van der Waals surface area contributed by atoms with Gasteiger partial charge in [-0.1, -0.05) is 30.3 Å². The first-order chi connectivity index (χ1) is 10.4. The highest BCUT2D eigenvalue weighted by atomic mass is 32.1. The van der Waals surface area contributed by atoms with E-state index in [9.17, 15) is 0 Å². The van der Waals surface area contributed by atoms with Crippen LogP contribution in [0.15, 0.2) is 47.2 Å². The average molecular weight is 299 g/mol. The molecule has 0 aliphatic carbocycles. The Morgan fingerprint density at radius 3 is 2.76 bits per heavy atom. The second kappa shape index (κ2) is 7.77. The van der Waals surface area contributed by atoms with Gasteiger partial charge < -0.3 is 4.90 Å². The Hall–Kier alpha value is -1.12. The van der Waals surface area contributed by atoms with E-state index in [1.807, 2.05) is 11.3 Å². The number of thiophene rings is 1. The van der Waals surface area contributed by atoms with Crippen LogP contribution in [-0.4, -0.2) is 24.5 Å². The molecule has 0 amide bonds. The van der Waals surface area contributed by atoms with Gasteiger partial charge in [-0.15, -0.1) is 0 Å². The maximum absolute atomic E-state index is 2.68. The summed E-state index contributed by atoms with van der Waals surface area (Å²) in [6.07, 6.45) is 6.60. The zero-order chi connectivity index (χ0) is 14.3. The number of likely N-dealkylation sites (tertiary alicyclic amines) is 1. The van der Waals surface area contributed by atoms with Gasteiger partial charge in [0, 0.05) is 13.1 Å². The van der Waals surface area contributed by atoms with Gasteiger partial charge in [0.2, 0.25) is 0 Å². The zero-order valence-corrected chi connectivity index (χ0v) is 13.5. The predicted octanol–water partition coefficient (Wildman–Crippen LogP) is 4.64. The van der Waals surface area contributed by atoms with Crippen LogP contribution in [-0.2, 0) is 12.8 Å². The van der Waals surface area contributed by atoms with E-state index < -0.39 is 0 Å². The molecule has 1 unspecified atom stereocenters. The molecule has 0 N–H and O–H groups in total. The first-order valence-corrected chi connectivity index (χ1v) is 9.12. The summed E-state index contributed by atoms with van der Waals surface area (Å²) in [5.74, 6) is 0.890. The molecule has 0 radical (unpaired) electrons. The highest BCUT2D eigenvalue weighted by Gasteiger charge is 2.19. The van der Waals surface area contributed by atoms with E-state index in [4.69, 9.17) is 0 Å². The van der Waals surface area contributed by atoms with Gasteiger partial charge in [0.05, 0.1) is 0 Å². The quantitative estimate of drug-likeness (QED) is 0.751. The van der Waals surface area contributed by atoms with Gasteiger partial charge in [-0.3, -0.25) is 0 Å². The summed E-state index contributed by atoms with van der Waals surface area (Å²) in [5, 5.41) is 4.48. The molecule has 2 heterocycles. The number of hydrogen-bond donors (Lipinski definition) is 0. The summed E-state index contributed by atoms with van der Waals surface area (Å²) in [4.78, 5) is 2.68. The molecule has 1 aromatic carbocycles. The van der Waals surface area contributed by atoms with Crippen molar-refractivity contribution in [1.29, 1.82) is 0 Å². The smallest absolute Gasteiger partial charge is 0.00222 e. The maximum atomic E-state index is 2.68. The van der Waals surface area contributed by atoms with Gasteiger partial charge in [-0.25, -0.2) is 0 Å². The molecule has 0 spiro atoms. The van der Waals surface area contributed by atoms with Gasteiger partial charge in [0.1, 0.15) is 0 Å². The Morgan fingerprint density at radius 2 is 1.95 bits per heavy atom.